The standard InChI is InChI=1S/C8H18N2.C8H11N/c1-7(2)5-9-6-8(3,4)10-7;1-6-4-7(2)9-8(3)5-6/h9-10H,5-6H2,1-4H3;4-5H,1-3H3. The van der Waals surface area contributed by atoms with E-state index in [4.69, 9.17) is 0 Å². The van der Waals surface area contributed by atoms with Gasteiger partial charge in [-0.15, -0.1) is 0 Å². The molecule has 2 heterocycles. The van der Waals surface area contributed by atoms with Crippen LogP contribution in [0.2, 0.25) is 0 Å². The van der Waals surface area contributed by atoms with E-state index in [0.717, 1.165) is 24.5 Å². The Labute approximate surface area is 118 Å². The zero-order valence-corrected chi connectivity index (χ0v) is 13.5. The highest BCUT2D eigenvalue weighted by molar-refractivity contribution is 5.18. The summed E-state index contributed by atoms with van der Waals surface area (Å²) in [5.74, 6) is 0. The first kappa shape index (κ1) is 16.1. The summed E-state index contributed by atoms with van der Waals surface area (Å²) in [6, 6.07) is 4.15. The largest absolute Gasteiger partial charge is 0.313 e. The quantitative estimate of drug-likeness (QED) is 0.756. The van der Waals surface area contributed by atoms with Gasteiger partial charge in [-0.2, -0.15) is 0 Å². The topological polar surface area (TPSA) is 37.0 Å². The third kappa shape index (κ3) is 6.17. The minimum Gasteiger partial charge on any atom is -0.313 e. The number of rotatable bonds is 0. The van der Waals surface area contributed by atoms with Crippen molar-refractivity contribution in [2.75, 3.05) is 13.1 Å². The van der Waals surface area contributed by atoms with Crippen molar-refractivity contribution in [1.29, 1.82) is 0 Å². The number of pyridine rings is 1. The Morgan fingerprint density at radius 3 is 1.58 bits per heavy atom. The van der Waals surface area contributed by atoms with Gasteiger partial charge in [-0.3, -0.25) is 4.98 Å². The molecule has 0 amide bonds. The summed E-state index contributed by atoms with van der Waals surface area (Å²) in [4.78, 5) is 4.23. The van der Waals surface area contributed by atoms with E-state index in [0.29, 0.717) is 0 Å². The molecule has 1 aromatic heterocycles. The minimum atomic E-state index is 0.252. The fourth-order valence-electron chi connectivity index (χ4n) is 2.74. The molecule has 0 spiro atoms. The van der Waals surface area contributed by atoms with Crippen molar-refractivity contribution in [3.05, 3.63) is 29.1 Å². The first-order valence-electron chi connectivity index (χ1n) is 7.02. The number of hydrogen-bond donors (Lipinski definition) is 2. The molecule has 108 valence electrons. The van der Waals surface area contributed by atoms with Gasteiger partial charge >= 0.3 is 0 Å². The van der Waals surface area contributed by atoms with E-state index in [9.17, 15) is 0 Å². The first-order chi connectivity index (χ1) is 8.60. The molecule has 2 rings (SSSR count). The maximum atomic E-state index is 4.23. The minimum absolute atomic E-state index is 0.252. The smallest absolute Gasteiger partial charge is 0.0378 e. The first-order valence-corrected chi connectivity index (χ1v) is 7.02. The zero-order chi connectivity index (χ0) is 14.7. The van der Waals surface area contributed by atoms with Crippen LogP contribution in [0, 0.1) is 20.8 Å². The van der Waals surface area contributed by atoms with E-state index in [1.54, 1.807) is 0 Å². The number of nitrogens with one attached hydrogen (secondary N) is 2. The normalized spacial score (nSPS) is 20.4. The molecule has 0 aliphatic carbocycles. The van der Waals surface area contributed by atoms with Gasteiger partial charge in [0.2, 0.25) is 0 Å². The Morgan fingerprint density at radius 2 is 1.32 bits per heavy atom. The maximum Gasteiger partial charge on any atom is 0.0378 e. The van der Waals surface area contributed by atoms with Crippen molar-refractivity contribution in [3.63, 3.8) is 0 Å². The number of hydrogen-bond acceptors (Lipinski definition) is 3. The Balaban J connectivity index is 0.000000191. The van der Waals surface area contributed by atoms with Gasteiger partial charge in [-0.1, -0.05) is 0 Å². The molecule has 1 aliphatic rings. The lowest BCUT2D eigenvalue weighted by Gasteiger charge is -2.42. The molecule has 1 aliphatic heterocycles. The average molecular weight is 263 g/mol. The molecule has 1 aromatic rings. The van der Waals surface area contributed by atoms with Crippen molar-refractivity contribution >= 4 is 0 Å². The van der Waals surface area contributed by atoms with Crippen LogP contribution in [-0.2, 0) is 0 Å². The highest BCUT2D eigenvalue weighted by Gasteiger charge is 2.31. The lowest BCUT2D eigenvalue weighted by molar-refractivity contribution is 0.201. The van der Waals surface area contributed by atoms with Crippen LogP contribution in [-0.4, -0.2) is 29.2 Å². The third-order valence-electron chi connectivity index (χ3n) is 3.04. The number of nitrogens with zero attached hydrogens (tertiary/aromatic N) is 1. The summed E-state index contributed by atoms with van der Waals surface area (Å²) >= 11 is 0. The molecule has 0 atom stereocenters. The summed E-state index contributed by atoms with van der Waals surface area (Å²) in [7, 11) is 0. The van der Waals surface area contributed by atoms with E-state index >= 15 is 0 Å². The summed E-state index contributed by atoms with van der Waals surface area (Å²) < 4.78 is 0. The number of aromatic nitrogens is 1. The van der Waals surface area contributed by atoms with Crippen molar-refractivity contribution in [1.82, 2.24) is 15.6 Å². The summed E-state index contributed by atoms with van der Waals surface area (Å²) in [5, 5.41) is 6.97. The molecule has 0 saturated carbocycles. The number of piperazine rings is 1. The van der Waals surface area contributed by atoms with Crippen LogP contribution < -0.4 is 10.6 Å². The van der Waals surface area contributed by atoms with Crippen molar-refractivity contribution in [2.45, 2.75) is 59.5 Å². The highest BCUT2D eigenvalue weighted by Crippen LogP contribution is 2.13. The lowest BCUT2D eigenvalue weighted by Crippen LogP contribution is -2.65. The second-order valence-electron chi connectivity index (χ2n) is 6.92. The zero-order valence-electron chi connectivity index (χ0n) is 13.5. The van der Waals surface area contributed by atoms with Crippen LogP contribution in [0.4, 0.5) is 0 Å². The van der Waals surface area contributed by atoms with Gasteiger partial charge in [-0.25, -0.2) is 0 Å². The maximum absolute atomic E-state index is 4.23. The molecule has 3 heteroatoms. The van der Waals surface area contributed by atoms with E-state index in [2.05, 4.69) is 62.4 Å². The molecule has 3 nitrogen and oxygen atoms in total. The monoisotopic (exact) mass is 263 g/mol. The fourth-order valence-corrected chi connectivity index (χ4v) is 2.74. The van der Waals surface area contributed by atoms with Crippen LogP contribution in [0.5, 0.6) is 0 Å². The molecule has 1 fully saturated rings. The van der Waals surface area contributed by atoms with Crippen LogP contribution in [0.15, 0.2) is 12.1 Å². The SMILES string of the molecule is CC1(C)CNCC(C)(C)N1.Cc1cc(C)nc(C)c1. The van der Waals surface area contributed by atoms with E-state index in [1.165, 1.54) is 5.56 Å². The Morgan fingerprint density at radius 1 is 0.895 bits per heavy atom. The fraction of sp³-hybridized carbons (Fsp3) is 0.688. The molecular formula is C16H29N3. The van der Waals surface area contributed by atoms with Gasteiger partial charge in [0.25, 0.3) is 0 Å². The molecule has 0 aromatic carbocycles. The van der Waals surface area contributed by atoms with E-state index in [-0.39, 0.29) is 11.1 Å². The van der Waals surface area contributed by atoms with Gasteiger partial charge in [-0.05, 0) is 66.2 Å². The van der Waals surface area contributed by atoms with Crippen LogP contribution in [0.1, 0.15) is 44.6 Å². The third-order valence-corrected chi connectivity index (χ3v) is 3.04. The lowest BCUT2D eigenvalue weighted by atomic mass is 9.93. The molecule has 1 saturated heterocycles. The summed E-state index contributed by atoms with van der Waals surface area (Å²) in [6.45, 7) is 17.1. The summed E-state index contributed by atoms with van der Waals surface area (Å²) in [6.07, 6.45) is 0. The van der Waals surface area contributed by atoms with Gasteiger partial charge in [0, 0.05) is 35.6 Å². The van der Waals surface area contributed by atoms with Crippen LogP contribution in [0.25, 0.3) is 0 Å². The average Bonchev–Trinajstić information content (AvgIpc) is 2.11. The van der Waals surface area contributed by atoms with Gasteiger partial charge < -0.3 is 10.6 Å². The number of aryl methyl sites for hydroxylation is 3. The summed E-state index contributed by atoms with van der Waals surface area (Å²) in [5.41, 5.74) is 4.00. The molecule has 0 radical (unpaired) electrons. The molecule has 19 heavy (non-hydrogen) atoms. The van der Waals surface area contributed by atoms with Gasteiger partial charge in [0.1, 0.15) is 0 Å². The predicted octanol–water partition coefficient (Wildman–Crippen LogP) is 2.74. The Kier molecular flexibility index (Phi) is 5.11. The molecule has 0 unspecified atom stereocenters. The van der Waals surface area contributed by atoms with Crippen molar-refractivity contribution in [3.8, 4) is 0 Å². The Bertz CT molecular complexity index is 358. The molecule has 0 bridgehead atoms. The van der Waals surface area contributed by atoms with Crippen LogP contribution >= 0.6 is 0 Å². The van der Waals surface area contributed by atoms with Crippen molar-refractivity contribution in [2.24, 2.45) is 0 Å². The highest BCUT2D eigenvalue weighted by atomic mass is 15.1. The second kappa shape index (κ2) is 6.02. The van der Waals surface area contributed by atoms with Crippen LogP contribution in [0.3, 0.4) is 0 Å². The second-order valence-corrected chi connectivity index (χ2v) is 6.92. The van der Waals surface area contributed by atoms with Gasteiger partial charge in [0.15, 0.2) is 0 Å². The van der Waals surface area contributed by atoms with E-state index in [1.807, 2.05) is 13.8 Å². The molecular weight excluding hydrogens is 234 g/mol. The molecule has 2 N–H and O–H groups in total. The van der Waals surface area contributed by atoms with Crippen molar-refractivity contribution < 1.29 is 0 Å². The Hall–Kier alpha value is -0.930. The predicted molar refractivity (Wildman–Crippen MR) is 82.6 cm³/mol. The van der Waals surface area contributed by atoms with Gasteiger partial charge in [0.05, 0.1) is 0 Å². The van der Waals surface area contributed by atoms with E-state index < -0.39 is 0 Å².